The third-order valence-corrected chi connectivity index (χ3v) is 3.16. The normalized spacial score (nSPS) is 33.3. The van der Waals surface area contributed by atoms with E-state index >= 15 is 0 Å². The zero-order valence-electron chi connectivity index (χ0n) is 11.9. The van der Waals surface area contributed by atoms with E-state index in [4.69, 9.17) is 14.2 Å². The lowest BCUT2D eigenvalue weighted by Crippen LogP contribution is -2.63. The Morgan fingerprint density at radius 3 is 2.65 bits per heavy atom. The summed E-state index contributed by atoms with van der Waals surface area (Å²) in [5.41, 5.74) is 0. The van der Waals surface area contributed by atoms with Gasteiger partial charge in [0.2, 0.25) is 5.91 Å². The summed E-state index contributed by atoms with van der Waals surface area (Å²) >= 11 is 0. The third kappa shape index (κ3) is 4.03. The summed E-state index contributed by atoms with van der Waals surface area (Å²) in [6, 6.07) is -0.580. The second-order valence-corrected chi connectivity index (χ2v) is 4.63. The quantitative estimate of drug-likeness (QED) is 0.517. The summed E-state index contributed by atoms with van der Waals surface area (Å²) in [5, 5.41) is 12.9. The number of nitrogens with one attached hydrogen (secondary N) is 1. The highest BCUT2D eigenvalue weighted by molar-refractivity contribution is 5.81. The molecule has 1 fully saturated rings. The Labute approximate surface area is 117 Å². The van der Waals surface area contributed by atoms with E-state index in [2.05, 4.69) is 11.9 Å². The van der Waals surface area contributed by atoms with Gasteiger partial charge in [0.15, 0.2) is 0 Å². The van der Waals surface area contributed by atoms with E-state index in [1.54, 1.807) is 6.92 Å². The molecule has 7 heteroatoms. The SMILES string of the molecule is C=CC(=O)OCC1O[C@@H](C)[C@@H](NC(C)=O)[C@@H](O)C1OC. The van der Waals surface area contributed by atoms with Gasteiger partial charge in [0.05, 0.1) is 12.1 Å². The minimum absolute atomic E-state index is 0.0580. The Morgan fingerprint density at radius 1 is 1.50 bits per heavy atom. The monoisotopic (exact) mass is 287 g/mol. The number of rotatable bonds is 5. The number of ether oxygens (including phenoxy) is 3. The molecular weight excluding hydrogens is 266 g/mol. The van der Waals surface area contributed by atoms with E-state index in [0.717, 1.165) is 6.08 Å². The predicted octanol–water partition coefficient (Wildman–Crippen LogP) is -0.616. The van der Waals surface area contributed by atoms with Gasteiger partial charge in [-0.2, -0.15) is 0 Å². The van der Waals surface area contributed by atoms with Crippen LogP contribution in [0.1, 0.15) is 13.8 Å². The number of amides is 1. The highest BCUT2D eigenvalue weighted by Gasteiger charge is 2.44. The van der Waals surface area contributed by atoms with E-state index in [1.807, 2.05) is 0 Å². The maximum Gasteiger partial charge on any atom is 0.330 e. The first-order chi connectivity index (χ1) is 9.40. The molecule has 0 saturated carbocycles. The van der Waals surface area contributed by atoms with Crippen LogP contribution >= 0.6 is 0 Å². The van der Waals surface area contributed by atoms with Gasteiger partial charge in [-0.3, -0.25) is 4.79 Å². The van der Waals surface area contributed by atoms with Crippen LogP contribution in [0, 0.1) is 0 Å². The summed E-state index contributed by atoms with van der Waals surface area (Å²) in [4.78, 5) is 22.2. The average Bonchev–Trinajstić information content (AvgIpc) is 2.40. The van der Waals surface area contributed by atoms with Gasteiger partial charge in [0.25, 0.3) is 0 Å². The van der Waals surface area contributed by atoms with Crippen molar-refractivity contribution in [3.8, 4) is 0 Å². The Balaban J connectivity index is 2.73. The minimum atomic E-state index is -0.958. The van der Waals surface area contributed by atoms with Gasteiger partial charge >= 0.3 is 5.97 Å². The third-order valence-electron chi connectivity index (χ3n) is 3.16. The van der Waals surface area contributed by atoms with Crippen LogP contribution in [0.15, 0.2) is 12.7 Å². The molecule has 1 aliphatic heterocycles. The van der Waals surface area contributed by atoms with Crippen molar-refractivity contribution in [3.05, 3.63) is 12.7 Å². The molecule has 0 radical (unpaired) electrons. The van der Waals surface area contributed by atoms with E-state index in [-0.39, 0.29) is 12.5 Å². The Bertz CT molecular complexity index is 372. The number of carbonyl (C=O) groups is 2. The zero-order chi connectivity index (χ0) is 15.3. The maximum atomic E-state index is 11.1. The first kappa shape index (κ1) is 16.6. The number of esters is 1. The van der Waals surface area contributed by atoms with Gasteiger partial charge in [-0.05, 0) is 6.92 Å². The highest BCUT2D eigenvalue weighted by Crippen LogP contribution is 2.23. The van der Waals surface area contributed by atoms with Gasteiger partial charge in [-0.1, -0.05) is 6.58 Å². The summed E-state index contributed by atoms with van der Waals surface area (Å²) in [6.45, 7) is 6.32. The molecule has 1 rings (SSSR count). The smallest absolute Gasteiger partial charge is 0.330 e. The molecule has 2 N–H and O–H groups in total. The van der Waals surface area contributed by atoms with Crippen LogP contribution in [0.3, 0.4) is 0 Å². The molecule has 0 aromatic carbocycles. The molecule has 2 unspecified atom stereocenters. The van der Waals surface area contributed by atoms with Crippen molar-refractivity contribution >= 4 is 11.9 Å². The molecular formula is C13H21NO6. The van der Waals surface area contributed by atoms with Crippen molar-refractivity contribution in [2.45, 2.75) is 44.3 Å². The number of hydrogen-bond acceptors (Lipinski definition) is 6. The van der Waals surface area contributed by atoms with Gasteiger partial charge in [-0.15, -0.1) is 0 Å². The Hall–Kier alpha value is -1.44. The standard InChI is InChI=1S/C13H21NO6/c1-5-10(16)19-6-9-13(18-4)12(17)11(7(2)20-9)14-8(3)15/h5,7,9,11-13,17H,1,6H2,2-4H3,(H,14,15)/t7-,9?,11+,12+,13?/m0/s1. The number of carbonyl (C=O) groups excluding carboxylic acids is 2. The largest absolute Gasteiger partial charge is 0.460 e. The fourth-order valence-electron chi connectivity index (χ4n) is 2.23. The second kappa shape index (κ2) is 7.37. The predicted molar refractivity (Wildman–Crippen MR) is 69.9 cm³/mol. The highest BCUT2D eigenvalue weighted by atomic mass is 16.6. The van der Waals surface area contributed by atoms with Crippen molar-refractivity contribution in [1.29, 1.82) is 0 Å². The minimum Gasteiger partial charge on any atom is -0.460 e. The molecule has 0 aromatic heterocycles. The molecule has 0 bridgehead atoms. The van der Waals surface area contributed by atoms with Crippen LogP contribution in [-0.4, -0.2) is 61.2 Å². The summed E-state index contributed by atoms with van der Waals surface area (Å²) < 4.78 is 15.8. The van der Waals surface area contributed by atoms with Crippen molar-refractivity contribution in [1.82, 2.24) is 5.32 Å². The summed E-state index contributed by atoms with van der Waals surface area (Å²) in [6.07, 6.45) is -1.67. The van der Waals surface area contributed by atoms with Gasteiger partial charge in [-0.25, -0.2) is 4.79 Å². The zero-order valence-corrected chi connectivity index (χ0v) is 11.9. The molecule has 1 aliphatic rings. The summed E-state index contributed by atoms with van der Waals surface area (Å²) in [7, 11) is 1.42. The molecule has 0 aromatic rings. The molecule has 5 atom stereocenters. The van der Waals surface area contributed by atoms with E-state index < -0.39 is 36.4 Å². The number of aliphatic hydroxyl groups is 1. The fraction of sp³-hybridized carbons (Fsp3) is 0.692. The molecule has 1 saturated heterocycles. The van der Waals surface area contributed by atoms with Crippen LogP contribution in [0.25, 0.3) is 0 Å². The molecule has 7 nitrogen and oxygen atoms in total. The van der Waals surface area contributed by atoms with Crippen LogP contribution in [0.4, 0.5) is 0 Å². The van der Waals surface area contributed by atoms with Crippen LogP contribution < -0.4 is 5.32 Å². The van der Waals surface area contributed by atoms with Crippen molar-refractivity contribution in [2.24, 2.45) is 0 Å². The van der Waals surface area contributed by atoms with Crippen LogP contribution in [0.2, 0.25) is 0 Å². The van der Waals surface area contributed by atoms with Gasteiger partial charge in [0.1, 0.15) is 24.9 Å². The molecule has 1 amide bonds. The van der Waals surface area contributed by atoms with Crippen LogP contribution in [0.5, 0.6) is 0 Å². The van der Waals surface area contributed by atoms with Gasteiger partial charge in [0, 0.05) is 20.1 Å². The van der Waals surface area contributed by atoms with Crippen molar-refractivity contribution < 1.29 is 28.9 Å². The second-order valence-electron chi connectivity index (χ2n) is 4.63. The first-order valence-electron chi connectivity index (χ1n) is 6.33. The molecule has 0 aliphatic carbocycles. The topological polar surface area (TPSA) is 94.1 Å². The fourth-order valence-corrected chi connectivity index (χ4v) is 2.23. The van der Waals surface area contributed by atoms with Crippen molar-refractivity contribution in [2.75, 3.05) is 13.7 Å². The van der Waals surface area contributed by atoms with E-state index in [9.17, 15) is 14.7 Å². The number of methoxy groups -OCH3 is 1. The number of hydrogen-bond donors (Lipinski definition) is 2. The lowest BCUT2D eigenvalue weighted by atomic mass is 9.93. The maximum absolute atomic E-state index is 11.1. The molecule has 1 heterocycles. The molecule has 0 spiro atoms. The first-order valence-corrected chi connectivity index (χ1v) is 6.33. The Morgan fingerprint density at radius 2 is 2.15 bits per heavy atom. The number of aliphatic hydroxyl groups excluding tert-OH is 1. The molecule has 114 valence electrons. The van der Waals surface area contributed by atoms with Crippen molar-refractivity contribution in [3.63, 3.8) is 0 Å². The lowest BCUT2D eigenvalue weighted by Gasteiger charge is -2.43. The van der Waals surface area contributed by atoms with E-state index in [0.29, 0.717) is 0 Å². The van der Waals surface area contributed by atoms with E-state index in [1.165, 1.54) is 14.0 Å². The molecule has 20 heavy (non-hydrogen) atoms. The average molecular weight is 287 g/mol. The van der Waals surface area contributed by atoms with Crippen LogP contribution in [-0.2, 0) is 23.8 Å². The Kier molecular flexibility index (Phi) is 6.12. The lowest BCUT2D eigenvalue weighted by molar-refractivity contribution is -0.204. The van der Waals surface area contributed by atoms with Gasteiger partial charge < -0.3 is 24.6 Å². The summed E-state index contributed by atoms with van der Waals surface area (Å²) in [5.74, 6) is -0.842.